The maximum absolute atomic E-state index is 13.6. The van der Waals surface area contributed by atoms with Gasteiger partial charge < -0.3 is 14.5 Å². The van der Waals surface area contributed by atoms with Crippen molar-refractivity contribution in [3.63, 3.8) is 0 Å². The van der Waals surface area contributed by atoms with Crippen molar-refractivity contribution in [1.82, 2.24) is 14.7 Å². The maximum atomic E-state index is 13.6. The minimum atomic E-state index is -1.25. The Kier molecular flexibility index (Phi) is 5.44. The van der Waals surface area contributed by atoms with Gasteiger partial charge in [-0.25, -0.2) is 19.0 Å². The molecule has 11 heteroatoms. The van der Waals surface area contributed by atoms with Crippen LogP contribution in [0.4, 0.5) is 15.0 Å². The number of aromatic nitrogens is 3. The zero-order valence-corrected chi connectivity index (χ0v) is 14.5. The van der Waals surface area contributed by atoms with Gasteiger partial charge in [0.1, 0.15) is 11.6 Å². The van der Waals surface area contributed by atoms with E-state index in [1.165, 1.54) is 31.3 Å². The number of halogens is 1. The van der Waals surface area contributed by atoms with Gasteiger partial charge in [0.15, 0.2) is 18.1 Å². The number of carboxylic acid groups (broad SMARTS) is 1. The number of nitrogens with zero attached hydrogens (tertiary/aromatic N) is 4. The molecule has 3 rings (SSSR count). The zero-order chi connectivity index (χ0) is 20.1. The summed E-state index contributed by atoms with van der Waals surface area (Å²) in [7, 11) is 1.45. The van der Waals surface area contributed by atoms with Crippen LogP contribution in [0.25, 0.3) is 0 Å². The summed E-state index contributed by atoms with van der Waals surface area (Å²) in [4.78, 5) is 35.1. The minimum Gasteiger partial charge on any atom is -0.465 e. The quantitative estimate of drug-likeness (QED) is 0.488. The van der Waals surface area contributed by atoms with Gasteiger partial charge in [-0.3, -0.25) is 5.32 Å². The fourth-order valence-corrected chi connectivity index (χ4v) is 2.30. The second-order valence-electron chi connectivity index (χ2n) is 5.46. The van der Waals surface area contributed by atoms with Crippen LogP contribution >= 0.6 is 0 Å². The summed E-state index contributed by atoms with van der Waals surface area (Å²) in [5, 5.41) is 14.8. The van der Waals surface area contributed by atoms with Gasteiger partial charge in [-0.1, -0.05) is 23.4 Å². The first-order chi connectivity index (χ1) is 13.4. The first kappa shape index (κ1) is 18.8. The van der Waals surface area contributed by atoms with Crippen molar-refractivity contribution >= 4 is 17.6 Å². The van der Waals surface area contributed by atoms with E-state index in [0.29, 0.717) is 11.3 Å². The number of carbonyl (C=O) groups is 1. The van der Waals surface area contributed by atoms with Gasteiger partial charge in [0.25, 0.3) is 0 Å². The largest absolute Gasteiger partial charge is 0.465 e. The summed E-state index contributed by atoms with van der Waals surface area (Å²) < 4.78 is 19.5. The SMILES string of the molecule is Cn1oc(=O)nc1/C(=N\OCc1cccc(NC(=O)O)n1)c1cccc(F)c1. The number of anilines is 1. The summed E-state index contributed by atoms with van der Waals surface area (Å²) in [6, 6.07) is 10.2. The second kappa shape index (κ2) is 8.12. The minimum absolute atomic E-state index is 0.0462. The van der Waals surface area contributed by atoms with E-state index in [1.54, 1.807) is 18.2 Å². The molecule has 2 heterocycles. The first-order valence-corrected chi connectivity index (χ1v) is 7.89. The number of pyridine rings is 1. The van der Waals surface area contributed by atoms with Crippen LogP contribution in [0.5, 0.6) is 0 Å². The molecule has 0 unspecified atom stereocenters. The number of hydrogen-bond donors (Lipinski definition) is 2. The molecule has 144 valence electrons. The summed E-state index contributed by atoms with van der Waals surface area (Å²) in [6.45, 7) is -0.111. The van der Waals surface area contributed by atoms with Crippen LogP contribution in [0, 0.1) is 5.82 Å². The van der Waals surface area contributed by atoms with Gasteiger partial charge in [0, 0.05) is 12.6 Å². The molecule has 28 heavy (non-hydrogen) atoms. The molecule has 0 atom stereocenters. The van der Waals surface area contributed by atoms with E-state index >= 15 is 0 Å². The first-order valence-electron chi connectivity index (χ1n) is 7.89. The Morgan fingerprint density at radius 1 is 1.32 bits per heavy atom. The van der Waals surface area contributed by atoms with Crippen molar-refractivity contribution in [1.29, 1.82) is 0 Å². The molecule has 0 radical (unpaired) electrons. The molecule has 0 saturated carbocycles. The van der Waals surface area contributed by atoms with E-state index in [4.69, 9.17) is 14.5 Å². The van der Waals surface area contributed by atoms with Crippen LogP contribution in [0.2, 0.25) is 0 Å². The molecule has 3 aromatic rings. The Bertz CT molecular complexity index is 1090. The number of hydrogen-bond acceptors (Lipinski definition) is 7. The van der Waals surface area contributed by atoms with Crippen LogP contribution in [0.1, 0.15) is 17.1 Å². The third-order valence-corrected chi connectivity index (χ3v) is 3.43. The van der Waals surface area contributed by atoms with Gasteiger partial charge in [0.05, 0.1) is 5.69 Å². The molecule has 0 aliphatic rings. The van der Waals surface area contributed by atoms with Gasteiger partial charge in [0.2, 0.25) is 0 Å². The Morgan fingerprint density at radius 3 is 2.79 bits per heavy atom. The number of nitrogens with one attached hydrogen (secondary N) is 1. The van der Waals surface area contributed by atoms with Crippen molar-refractivity contribution in [2.24, 2.45) is 12.2 Å². The normalized spacial score (nSPS) is 11.3. The van der Waals surface area contributed by atoms with E-state index in [9.17, 15) is 14.0 Å². The van der Waals surface area contributed by atoms with E-state index in [1.807, 2.05) is 0 Å². The average molecular weight is 387 g/mol. The standard InChI is InChI=1S/C17H14FN5O5/c1-23-15(21-17(26)28-23)14(10-4-2-5-11(18)8-10)22-27-9-12-6-3-7-13(19-12)20-16(24)25/h2-8H,9H2,1H3,(H,19,20)(H,24,25)/b22-14-. The Hall–Kier alpha value is -4.02. The van der Waals surface area contributed by atoms with Crippen LogP contribution < -0.4 is 11.1 Å². The third kappa shape index (κ3) is 4.58. The van der Waals surface area contributed by atoms with Crippen LogP contribution in [-0.4, -0.2) is 31.6 Å². The molecule has 2 aromatic heterocycles. The van der Waals surface area contributed by atoms with Crippen molar-refractivity contribution in [2.75, 3.05) is 5.32 Å². The molecular formula is C17H14FN5O5. The Balaban J connectivity index is 1.87. The summed E-state index contributed by atoms with van der Waals surface area (Å²) in [5.41, 5.74) is 0.786. The highest BCUT2D eigenvalue weighted by Gasteiger charge is 2.17. The van der Waals surface area contributed by atoms with Crippen LogP contribution in [-0.2, 0) is 18.5 Å². The highest BCUT2D eigenvalue weighted by atomic mass is 19.1. The van der Waals surface area contributed by atoms with Gasteiger partial charge in [-0.05, 0) is 24.3 Å². The molecule has 0 bridgehead atoms. The van der Waals surface area contributed by atoms with E-state index < -0.39 is 17.7 Å². The zero-order valence-electron chi connectivity index (χ0n) is 14.5. The number of amides is 1. The monoisotopic (exact) mass is 387 g/mol. The number of oxime groups is 1. The molecule has 10 nitrogen and oxygen atoms in total. The van der Waals surface area contributed by atoms with Crippen LogP contribution in [0.3, 0.4) is 0 Å². The molecule has 0 spiro atoms. The highest BCUT2D eigenvalue weighted by molar-refractivity contribution is 6.10. The lowest BCUT2D eigenvalue weighted by molar-refractivity contribution is 0.128. The topological polar surface area (TPSA) is 132 Å². The number of benzene rings is 1. The summed E-state index contributed by atoms with van der Waals surface area (Å²) in [5.74, 6) is -1.17. The van der Waals surface area contributed by atoms with Gasteiger partial charge in [-0.15, -0.1) is 0 Å². The third-order valence-electron chi connectivity index (χ3n) is 3.43. The molecular weight excluding hydrogens is 373 g/mol. The van der Waals surface area contributed by atoms with Crippen molar-refractivity contribution < 1.29 is 23.7 Å². The predicted molar refractivity (Wildman–Crippen MR) is 94.5 cm³/mol. The average Bonchev–Trinajstić information content (AvgIpc) is 2.96. The van der Waals surface area contributed by atoms with Crippen LogP contribution in [0.15, 0.2) is 56.9 Å². The van der Waals surface area contributed by atoms with Crippen molar-refractivity contribution in [2.45, 2.75) is 6.61 Å². The van der Waals surface area contributed by atoms with E-state index in [0.717, 1.165) is 4.74 Å². The Morgan fingerprint density at radius 2 is 2.11 bits per heavy atom. The lowest BCUT2D eigenvalue weighted by atomic mass is 10.1. The molecule has 0 aliphatic carbocycles. The number of aryl methyl sites for hydroxylation is 1. The van der Waals surface area contributed by atoms with Crippen molar-refractivity contribution in [3.8, 4) is 0 Å². The maximum Gasteiger partial charge on any atom is 0.460 e. The second-order valence-corrected chi connectivity index (χ2v) is 5.46. The van der Waals surface area contributed by atoms with Crippen molar-refractivity contribution in [3.05, 3.63) is 75.9 Å². The van der Waals surface area contributed by atoms with E-state index in [2.05, 4.69) is 20.4 Å². The lowest BCUT2D eigenvalue weighted by Gasteiger charge is -2.07. The fraction of sp³-hybridized carbons (Fsp3) is 0.118. The summed E-state index contributed by atoms with van der Waals surface area (Å²) in [6.07, 6.45) is -1.25. The van der Waals surface area contributed by atoms with Gasteiger partial charge in [-0.2, -0.15) is 9.72 Å². The van der Waals surface area contributed by atoms with Gasteiger partial charge >= 0.3 is 11.8 Å². The highest BCUT2D eigenvalue weighted by Crippen LogP contribution is 2.12. The molecule has 1 amide bonds. The van der Waals surface area contributed by atoms with E-state index in [-0.39, 0.29) is 24.0 Å². The Labute approximate surface area is 156 Å². The molecule has 1 aromatic carbocycles. The molecule has 0 saturated heterocycles. The molecule has 0 fully saturated rings. The smallest absolute Gasteiger partial charge is 0.460 e. The predicted octanol–water partition coefficient (Wildman–Crippen LogP) is 1.97. The lowest BCUT2D eigenvalue weighted by Crippen LogP contribution is -2.12. The summed E-state index contributed by atoms with van der Waals surface area (Å²) >= 11 is 0. The fourth-order valence-electron chi connectivity index (χ4n) is 2.30. The number of rotatable bonds is 6. The molecule has 2 N–H and O–H groups in total. The molecule has 0 aliphatic heterocycles.